The average molecular weight is 398 g/mol. The Morgan fingerprint density at radius 3 is 1.44 bits per heavy atom. The van der Waals surface area contributed by atoms with Gasteiger partial charge in [-0.1, -0.05) is 103 Å². The summed E-state index contributed by atoms with van der Waals surface area (Å²) in [4.78, 5) is 2.78. The first-order chi connectivity index (χ1) is 12.8. The molecule has 0 aliphatic carbocycles. The maximum absolute atomic E-state index is 8.20. The monoisotopic (exact) mass is 397 g/mol. The van der Waals surface area contributed by atoms with Crippen molar-refractivity contribution < 1.29 is 4.43 Å². The lowest BCUT2D eigenvalue weighted by Crippen LogP contribution is -2.40. The van der Waals surface area contributed by atoms with Crippen molar-refractivity contribution in [1.29, 1.82) is 0 Å². The van der Waals surface area contributed by atoms with Crippen LogP contribution in [0, 0.1) is 0 Å². The molecule has 0 amide bonds. The van der Waals surface area contributed by atoms with E-state index < -0.39 is 8.32 Å². The van der Waals surface area contributed by atoms with Crippen molar-refractivity contribution in [3.8, 4) is 0 Å². The molecule has 0 saturated heterocycles. The molecule has 0 heterocycles. The summed E-state index contributed by atoms with van der Waals surface area (Å²) in [5.41, 5.74) is 8.20. The first kappa shape index (κ1) is 26.5. The molecule has 0 N–H and O–H groups in total. The molecule has 0 atom stereocenters. The Balaban J connectivity index is 3.22. The Bertz CT molecular complexity index is 388. The molecular weight excluding hydrogens is 350 g/mol. The zero-order chi connectivity index (χ0) is 20.4. The number of azide groups is 1. The van der Waals surface area contributed by atoms with Crippen LogP contribution in [-0.2, 0) is 4.43 Å². The molecule has 0 radical (unpaired) electrons. The Hall–Kier alpha value is -0.513. The fourth-order valence-corrected chi connectivity index (χ4v) is 4.08. The van der Waals surface area contributed by atoms with E-state index >= 15 is 0 Å². The molecule has 0 aromatic heterocycles. The number of hydrogen-bond acceptors (Lipinski definition) is 2. The van der Waals surface area contributed by atoms with E-state index in [0.29, 0.717) is 11.6 Å². The number of unbranched alkanes of at least 4 members (excludes halogenated alkanes) is 13. The lowest BCUT2D eigenvalue weighted by Gasteiger charge is -2.36. The minimum Gasteiger partial charge on any atom is -0.417 e. The van der Waals surface area contributed by atoms with Crippen molar-refractivity contribution in [2.45, 2.75) is 129 Å². The van der Waals surface area contributed by atoms with Crippen LogP contribution in [0.15, 0.2) is 5.11 Å². The van der Waals surface area contributed by atoms with E-state index in [2.05, 4.69) is 43.9 Å². The SMILES string of the molecule is CC(C)(C)[Si](C)(C)OCCCCCCCCCCCCCCCCN=[N+]=[N-]. The summed E-state index contributed by atoms with van der Waals surface area (Å²) >= 11 is 0. The van der Waals surface area contributed by atoms with Crippen LogP contribution in [0.2, 0.25) is 18.1 Å². The van der Waals surface area contributed by atoms with Crippen molar-refractivity contribution >= 4 is 8.32 Å². The van der Waals surface area contributed by atoms with Crippen molar-refractivity contribution in [2.24, 2.45) is 5.11 Å². The molecule has 0 spiro atoms. The lowest BCUT2D eigenvalue weighted by atomic mass is 10.0. The molecule has 0 rings (SSSR count). The highest BCUT2D eigenvalue weighted by Gasteiger charge is 2.36. The molecule has 27 heavy (non-hydrogen) atoms. The number of nitrogens with zero attached hydrogens (tertiary/aromatic N) is 3. The molecule has 0 aliphatic heterocycles. The first-order valence-corrected chi connectivity index (χ1v) is 14.4. The molecule has 0 aromatic rings. The first-order valence-electron chi connectivity index (χ1n) is 11.5. The minimum absolute atomic E-state index is 0.333. The molecule has 5 heteroatoms. The normalized spacial score (nSPS) is 12.2. The summed E-state index contributed by atoms with van der Waals surface area (Å²) in [5, 5.41) is 3.90. The van der Waals surface area contributed by atoms with E-state index in [1.54, 1.807) is 0 Å². The highest BCUT2D eigenvalue weighted by atomic mass is 28.4. The predicted molar refractivity (Wildman–Crippen MR) is 122 cm³/mol. The van der Waals surface area contributed by atoms with E-state index in [4.69, 9.17) is 9.96 Å². The summed E-state index contributed by atoms with van der Waals surface area (Å²) in [7, 11) is -1.53. The van der Waals surface area contributed by atoms with Crippen LogP contribution in [0.25, 0.3) is 10.4 Å². The van der Waals surface area contributed by atoms with Gasteiger partial charge in [0.2, 0.25) is 0 Å². The van der Waals surface area contributed by atoms with Crippen molar-refractivity contribution in [2.75, 3.05) is 13.2 Å². The summed E-state index contributed by atoms with van der Waals surface area (Å²) in [5.74, 6) is 0. The molecule has 4 nitrogen and oxygen atoms in total. The van der Waals surface area contributed by atoms with Gasteiger partial charge in [0.25, 0.3) is 0 Å². The summed E-state index contributed by atoms with van der Waals surface area (Å²) < 4.78 is 6.24. The van der Waals surface area contributed by atoms with Crippen LogP contribution in [0.5, 0.6) is 0 Å². The quantitative estimate of drug-likeness (QED) is 0.0749. The van der Waals surface area contributed by atoms with Gasteiger partial charge in [0, 0.05) is 18.1 Å². The van der Waals surface area contributed by atoms with Gasteiger partial charge >= 0.3 is 0 Å². The zero-order valence-electron chi connectivity index (χ0n) is 19.1. The largest absolute Gasteiger partial charge is 0.417 e. The van der Waals surface area contributed by atoms with Crippen LogP contribution in [-0.4, -0.2) is 21.5 Å². The van der Waals surface area contributed by atoms with Gasteiger partial charge in [0.1, 0.15) is 0 Å². The third-order valence-corrected chi connectivity index (χ3v) is 10.5. The molecule has 160 valence electrons. The van der Waals surface area contributed by atoms with E-state index in [1.165, 1.54) is 83.5 Å². The smallest absolute Gasteiger partial charge is 0.191 e. The molecular formula is C22H47N3OSi. The molecule has 0 aromatic carbocycles. The maximum Gasteiger partial charge on any atom is 0.191 e. The second-order valence-corrected chi connectivity index (χ2v) is 14.3. The maximum atomic E-state index is 8.20. The highest BCUT2D eigenvalue weighted by Crippen LogP contribution is 2.36. The number of hydrogen-bond donors (Lipinski definition) is 0. The molecule has 0 unspecified atom stereocenters. The predicted octanol–water partition coefficient (Wildman–Crippen LogP) is 8.78. The summed E-state index contributed by atoms with van der Waals surface area (Å²) in [6.07, 6.45) is 18.6. The molecule has 0 saturated carbocycles. The van der Waals surface area contributed by atoms with E-state index in [1.807, 2.05) is 0 Å². The lowest BCUT2D eigenvalue weighted by molar-refractivity contribution is 0.277. The second kappa shape index (κ2) is 16.4. The molecule has 0 bridgehead atoms. The Labute approximate surface area is 170 Å². The topological polar surface area (TPSA) is 58.0 Å². The Kier molecular flexibility index (Phi) is 16.1. The van der Waals surface area contributed by atoms with Gasteiger partial charge in [-0.05, 0) is 36.5 Å². The van der Waals surface area contributed by atoms with E-state index in [9.17, 15) is 0 Å². The van der Waals surface area contributed by atoms with Crippen LogP contribution in [0.1, 0.15) is 111 Å². The standard InChI is InChI=1S/C22H47N3OSi/c1-22(2,3)27(4,5)26-21-19-17-15-13-11-9-7-6-8-10-12-14-16-18-20-24-25-23/h6-21H2,1-5H3. The fraction of sp³-hybridized carbons (Fsp3) is 1.00. The van der Waals surface area contributed by atoms with Gasteiger partial charge in [0.15, 0.2) is 8.32 Å². The van der Waals surface area contributed by atoms with Gasteiger partial charge in [-0.25, -0.2) is 0 Å². The summed E-state index contributed by atoms with van der Waals surface area (Å²) in [6, 6.07) is 0. The van der Waals surface area contributed by atoms with Gasteiger partial charge < -0.3 is 4.43 Å². The van der Waals surface area contributed by atoms with Crippen LogP contribution >= 0.6 is 0 Å². The van der Waals surface area contributed by atoms with Crippen LogP contribution in [0.3, 0.4) is 0 Å². The van der Waals surface area contributed by atoms with E-state index in [-0.39, 0.29) is 0 Å². The third-order valence-electron chi connectivity index (χ3n) is 5.98. The van der Waals surface area contributed by atoms with Crippen LogP contribution in [0.4, 0.5) is 0 Å². The fourth-order valence-electron chi connectivity index (χ4n) is 2.99. The van der Waals surface area contributed by atoms with Gasteiger partial charge in [-0.3, -0.25) is 0 Å². The van der Waals surface area contributed by atoms with Gasteiger partial charge in [-0.2, -0.15) is 0 Å². The second-order valence-electron chi connectivity index (χ2n) is 9.51. The van der Waals surface area contributed by atoms with Gasteiger partial charge in [0.05, 0.1) is 0 Å². The van der Waals surface area contributed by atoms with Crippen molar-refractivity contribution in [3.05, 3.63) is 10.4 Å². The average Bonchev–Trinajstić information content (AvgIpc) is 2.59. The number of rotatable bonds is 18. The summed E-state index contributed by atoms with van der Waals surface area (Å²) in [6.45, 7) is 13.3. The zero-order valence-corrected chi connectivity index (χ0v) is 20.1. The van der Waals surface area contributed by atoms with Crippen molar-refractivity contribution in [3.63, 3.8) is 0 Å². The minimum atomic E-state index is -1.53. The highest BCUT2D eigenvalue weighted by molar-refractivity contribution is 6.74. The molecule has 0 fully saturated rings. The Morgan fingerprint density at radius 2 is 1.07 bits per heavy atom. The third kappa shape index (κ3) is 16.2. The Morgan fingerprint density at radius 1 is 0.704 bits per heavy atom. The van der Waals surface area contributed by atoms with Crippen LogP contribution < -0.4 is 0 Å². The molecule has 0 aliphatic rings. The van der Waals surface area contributed by atoms with E-state index in [0.717, 1.165) is 13.0 Å². The van der Waals surface area contributed by atoms with Crippen molar-refractivity contribution in [1.82, 2.24) is 0 Å². The van der Waals surface area contributed by atoms with Gasteiger partial charge in [-0.15, -0.1) is 0 Å².